The fourth-order valence-electron chi connectivity index (χ4n) is 2.25. The van der Waals surface area contributed by atoms with Crippen molar-refractivity contribution in [2.45, 2.75) is 6.61 Å². The summed E-state index contributed by atoms with van der Waals surface area (Å²) >= 11 is 3.39. The van der Waals surface area contributed by atoms with E-state index in [0.29, 0.717) is 11.5 Å². The number of phenols is 1. The maximum absolute atomic E-state index is 11.4. The van der Waals surface area contributed by atoms with Gasteiger partial charge in [0.15, 0.2) is 0 Å². The Labute approximate surface area is 157 Å². The molecular weight excluding hydrogens is 402 g/mol. The van der Waals surface area contributed by atoms with Crippen LogP contribution in [0.3, 0.4) is 0 Å². The molecular formula is C19H14BrNO5. The van der Waals surface area contributed by atoms with E-state index in [-0.39, 0.29) is 23.8 Å². The van der Waals surface area contributed by atoms with E-state index < -0.39 is 4.92 Å². The Bertz CT molecular complexity index is 927. The van der Waals surface area contributed by atoms with E-state index in [1.807, 2.05) is 24.3 Å². The quantitative estimate of drug-likeness (QED) is 0.428. The van der Waals surface area contributed by atoms with Crippen LogP contribution in [-0.2, 0) is 6.61 Å². The Kier molecular flexibility index (Phi) is 5.38. The third-order valence-corrected chi connectivity index (χ3v) is 3.98. The van der Waals surface area contributed by atoms with Gasteiger partial charge in [0, 0.05) is 4.47 Å². The first-order valence-electron chi connectivity index (χ1n) is 7.64. The molecule has 0 atom stereocenters. The molecule has 0 aliphatic rings. The second-order valence-corrected chi connectivity index (χ2v) is 6.32. The van der Waals surface area contributed by atoms with E-state index in [0.717, 1.165) is 10.0 Å². The van der Waals surface area contributed by atoms with Crippen molar-refractivity contribution in [2.24, 2.45) is 0 Å². The molecule has 0 fully saturated rings. The standard InChI is InChI=1S/C19H14BrNO5/c20-14-3-1-2-13(10-14)12-25-17-8-9-19(18(11-17)21(23)24)26-16-6-4-15(22)5-7-16/h1-11,22H,12H2. The van der Waals surface area contributed by atoms with Crippen molar-refractivity contribution in [1.82, 2.24) is 0 Å². The van der Waals surface area contributed by atoms with E-state index in [4.69, 9.17) is 9.47 Å². The largest absolute Gasteiger partial charge is 0.508 e. The Hall–Kier alpha value is -3.06. The van der Waals surface area contributed by atoms with Crippen LogP contribution in [0.1, 0.15) is 5.56 Å². The molecule has 132 valence electrons. The Morgan fingerprint density at radius 3 is 2.42 bits per heavy atom. The van der Waals surface area contributed by atoms with Gasteiger partial charge in [-0.3, -0.25) is 10.1 Å². The molecule has 3 aromatic rings. The highest BCUT2D eigenvalue weighted by molar-refractivity contribution is 9.10. The van der Waals surface area contributed by atoms with Crippen molar-refractivity contribution < 1.29 is 19.5 Å². The third kappa shape index (κ3) is 4.52. The van der Waals surface area contributed by atoms with Crippen LogP contribution in [0, 0.1) is 10.1 Å². The zero-order valence-corrected chi connectivity index (χ0v) is 15.0. The zero-order valence-electron chi connectivity index (χ0n) is 13.5. The second-order valence-electron chi connectivity index (χ2n) is 5.40. The first kappa shape index (κ1) is 17.8. The summed E-state index contributed by atoms with van der Waals surface area (Å²) in [5.41, 5.74) is 0.733. The molecule has 0 saturated heterocycles. The molecule has 7 heteroatoms. The number of nitro benzene ring substituents is 1. The van der Waals surface area contributed by atoms with Crippen LogP contribution in [0.25, 0.3) is 0 Å². The molecule has 0 radical (unpaired) electrons. The normalized spacial score (nSPS) is 10.3. The molecule has 0 bridgehead atoms. The molecule has 1 N–H and O–H groups in total. The van der Waals surface area contributed by atoms with Crippen LogP contribution in [-0.4, -0.2) is 10.0 Å². The Morgan fingerprint density at radius 2 is 1.73 bits per heavy atom. The summed E-state index contributed by atoms with van der Waals surface area (Å²) in [6, 6.07) is 18.0. The van der Waals surface area contributed by atoms with Gasteiger partial charge < -0.3 is 14.6 Å². The highest BCUT2D eigenvalue weighted by Gasteiger charge is 2.17. The van der Waals surface area contributed by atoms with Crippen molar-refractivity contribution in [1.29, 1.82) is 0 Å². The summed E-state index contributed by atoms with van der Waals surface area (Å²) in [6.45, 7) is 0.286. The molecule has 3 rings (SSSR count). The van der Waals surface area contributed by atoms with Gasteiger partial charge in [0.2, 0.25) is 5.75 Å². The molecule has 0 amide bonds. The average molecular weight is 416 g/mol. The molecule has 0 heterocycles. The van der Waals surface area contributed by atoms with E-state index in [1.54, 1.807) is 6.07 Å². The lowest BCUT2D eigenvalue weighted by atomic mass is 10.2. The van der Waals surface area contributed by atoms with E-state index >= 15 is 0 Å². The summed E-state index contributed by atoms with van der Waals surface area (Å²) < 4.78 is 12.1. The summed E-state index contributed by atoms with van der Waals surface area (Å²) in [4.78, 5) is 10.8. The first-order chi connectivity index (χ1) is 12.5. The number of phenolic OH excluding ortho intramolecular Hbond substituents is 1. The highest BCUT2D eigenvalue weighted by Crippen LogP contribution is 2.35. The molecule has 3 aromatic carbocycles. The van der Waals surface area contributed by atoms with Crippen LogP contribution >= 0.6 is 15.9 Å². The fraction of sp³-hybridized carbons (Fsp3) is 0.0526. The van der Waals surface area contributed by atoms with E-state index in [9.17, 15) is 15.2 Å². The van der Waals surface area contributed by atoms with Crippen molar-refractivity contribution in [3.8, 4) is 23.0 Å². The minimum Gasteiger partial charge on any atom is -0.508 e. The maximum atomic E-state index is 11.4. The number of nitrogens with zero attached hydrogens (tertiary/aromatic N) is 1. The van der Waals surface area contributed by atoms with Gasteiger partial charge in [-0.1, -0.05) is 28.1 Å². The van der Waals surface area contributed by atoms with Gasteiger partial charge in [0.25, 0.3) is 0 Å². The van der Waals surface area contributed by atoms with Crippen molar-refractivity contribution in [2.75, 3.05) is 0 Å². The number of ether oxygens (including phenoxy) is 2. The predicted molar refractivity (Wildman–Crippen MR) is 99.8 cm³/mol. The molecule has 0 spiro atoms. The third-order valence-electron chi connectivity index (χ3n) is 3.49. The molecule has 0 aliphatic carbocycles. The SMILES string of the molecule is O=[N+]([O-])c1cc(OCc2cccc(Br)c2)ccc1Oc1ccc(O)cc1. The van der Waals surface area contributed by atoms with Gasteiger partial charge in [0.1, 0.15) is 23.9 Å². The predicted octanol–water partition coefficient (Wildman–Crippen LogP) is 5.43. The highest BCUT2D eigenvalue weighted by atomic mass is 79.9. The lowest BCUT2D eigenvalue weighted by molar-refractivity contribution is -0.385. The number of aromatic hydroxyl groups is 1. The molecule has 6 nitrogen and oxygen atoms in total. The van der Waals surface area contributed by atoms with Crippen LogP contribution in [0.2, 0.25) is 0 Å². The minimum absolute atomic E-state index is 0.0862. The Morgan fingerprint density at radius 1 is 1.00 bits per heavy atom. The van der Waals surface area contributed by atoms with E-state index in [2.05, 4.69) is 15.9 Å². The van der Waals surface area contributed by atoms with Crippen LogP contribution in [0.4, 0.5) is 5.69 Å². The van der Waals surface area contributed by atoms with Gasteiger partial charge >= 0.3 is 5.69 Å². The fourth-order valence-corrected chi connectivity index (χ4v) is 2.70. The summed E-state index contributed by atoms with van der Waals surface area (Å²) in [5, 5.41) is 20.6. The summed E-state index contributed by atoms with van der Waals surface area (Å²) in [5.74, 6) is 0.932. The molecule has 0 aromatic heterocycles. The Balaban J connectivity index is 1.77. The number of hydrogen-bond acceptors (Lipinski definition) is 5. The monoisotopic (exact) mass is 415 g/mol. The van der Waals surface area contributed by atoms with Gasteiger partial charge in [-0.25, -0.2) is 0 Å². The summed E-state index contributed by atoms with van der Waals surface area (Å²) in [7, 11) is 0. The smallest absolute Gasteiger partial charge is 0.315 e. The topological polar surface area (TPSA) is 81.8 Å². The zero-order chi connectivity index (χ0) is 18.5. The van der Waals surface area contributed by atoms with Crippen LogP contribution < -0.4 is 9.47 Å². The molecule has 0 aliphatic heterocycles. The number of benzene rings is 3. The average Bonchev–Trinajstić information content (AvgIpc) is 2.62. The molecule has 0 saturated carbocycles. The van der Waals surface area contributed by atoms with Gasteiger partial charge in [0.05, 0.1) is 11.0 Å². The number of halogens is 1. The van der Waals surface area contributed by atoms with Gasteiger partial charge in [-0.05, 0) is 54.1 Å². The van der Waals surface area contributed by atoms with E-state index in [1.165, 1.54) is 36.4 Å². The van der Waals surface area contributed by atoms with Gasteiger partial charge in [-0.2, -0.15) is 0 Å². The lowest BCUT2D eigenvalue weighted by Crippen LogP contribution is -1.98. The van der Waals surface area contributed by atoms with Gasteiger partial charge in [-0.15, -0.1) is 0 Å². The van der Waals surface area contributed by atoms with Crippen molar-refractivity contribution in [3.63, 3.8) is 0 Å². The molecule has 0 unspecified atom stereocenters. The first-order valence-corrected chi connectivity index (χ1v) is 8.43. The molecule has 26 heavy (non-hydrogen) atoms. The lowest BCUT2D eigenvalue weighted by Gasteiger charge is -2.10. The number of nitro groups is 1. The number of rotatable bonds is 6. The van der Waals surface area contributed by atoms with Crippen molar-refractivity contribution >= 4 is 21.6 Å². The van der Waals surface area contributed by atoms with Crippen LogP contribution in [0.5, 0.6) is 23.0 Å². The minimum atomic E-state index is -0.526. The number of hydrogen-bond donors (Lipinski definition) is 1. The summed E-state index contributed by atoms with van der Waals surface area (Å²) in [6.07, 6.45) is 0. The van der Waals surface area contributed by atoms with Crippen LogP contribution in [0.15, 0.2) is 71.2 Å². The van der Waals surface area contributed by atoms with Crippen molar-refractivity contribution in [3.05, 3.63) is 86.9 Å². The second kappa shape index (κ2) is 7.88. The maximum Gasteiger partial charge on any atom is 0.315 e.